The molecule has 0 aliphatic carbocycles. The summed E-state index contributed by atoms with van der Waals surface area (Å²) < 4.78 is 7.81. The van der Waals surface area contributed by atoms with Crippen molar-refractivity contribution < 1.29 is 9.30 Å². The molecule has 6 heteroatoms. The van der Waals surface area contributed by atoms with Crippen LogP contribution < -0.4 is 23.7 Å². The number of pyridine rings is 1. The summed E-state index contributed by atoms with van der Waals surface area (Å²) in [7, 11) is 6.04. The molecule has 0 bridgehead atoms. The summed E-state index contributed by atoms with van der Waals surface area (Å²) in [5.41, 5.74) is 6.03. The number of benzene rings is 2. The third kappa shape index (κ3) is 2.04. The van der Waals surface area contributed by atoms with E-state index in [4.69, 9.17) is 4.74 Å². The van der Waals surface area contributed by atoms with Crippen LogP contribution in [0, 0.1) is 6.92 Å². The SMILES string of the molecule is COc1ccc2c(c1C)N(c1cccc[n+]1C)B1N(C)c3ccccc3N12. The fourth-order valence-electron chi connectivity index (χ4n) is 4.43. The molecular weight excluding hydrogens is 335 g/mol. The first-order valence-electron chi connectivity index (χ1n) is 9.16. The zero-order valence-electron chi connectivity index (χ0n) is 16.0. The highest BCUT2D eigenvalue weighted by Gasteiger charge is 2.59. The van der Waals surface area contributed by atoms with Gasteiger partial charge in [0.25, 0.3) is 5.82 Å². The highest BCUT2D eigenvalue weighted by Crippen LogP contribution is 2.55. The van der Waals surface area contributed by atoms with Crippen LogP contribution in [0.1, 0.15) is 5.56 Å². The van der Waals surface area contributed by atoms with Crippen LogP contribution in [-0.4, -0.2) is 21.3 Å². The largest absolute Gasteiger partial charge is 0.638 e. The minimum atomic E-state index is 0.0526. The molecule has 0 saturated carbocycles. The van der Waals surface area contributed by atoms with E-state index < -0.39 is 0 Å². The zero-order valence-corrected chi connectivity index (χ0v) is 16.0. The topological polar surface area (TPSA) is 22.8 Å². The lowest BCUT2D eigenvalue weighted by Gasteiger charge is -2.23. The van der Waals surface area contributed by atoms with Gasteiger partial charge >= 0.3 is 7.12 Å². The standard InChI is InChI=1S/C21H22BN4O/c1-15-19(27-4)13-12-18-21(15)26(20-11-7-8-14-23(20)2)22-24(3)16-9-5-6-10-17(16)25(18)22/h5-14H,1-4H3/q+1. The second kappa shape index (κ2) is 5.68. The van der Waals surface area contributed by atoms with Crippen LogP contribution in [-0.2, 0) is 7.05 Å². The van der Waals surface area contributed by atoms with E-state index in [1.165, 1.54) is 22.7 Å². The van der Waals surface area contributed by atoms with Gasteiger partial charge in [0, 0.05) is 11.6 Å². The smallest absolute Gasteiger partial charge is 0.496 e. The van der Waals surface area contributed by atoms with Gasteiger partial charge < -0.3 is 14.4 Å². The fourth-order valence-corrected chi connectivity index (χ4v) is 4.43. The predicted molar refractivity (Wildman–Crippen MR) is 110 cm³/mol. The average molecular weight is 357 g/mol. The maximum atomic E-state index is 5.64. The van der Waals surface area contributed by atoms with E-state index in [-0.39, 0.29) is 7.12 Å². The number of hydrogen-bond donors (Lipinski definition) is 0. The van der Waals surface area contributed by atoms with Gasteiger partial charge in [0.2, 0.25) is 0 Å². The molecule has 134 valence electrons. The van der Waals surface area contributed by atoms with Crippen molar-refractivity contribution in [3.63, 3.8) is 0 Å². The number of fused-ring (bicyclic) bond motifs is 5. The lowest BCUT2D eigenvalue weighted by atomic mass is 9.88. The Morgan fingerprint density at radius 1 is 0.889 bits per heavy atom. The van der Waals surface area contributed by atoms with Gasteiger partial charge in [0.15, 0.2) is 0 Å². The van der Waals surface area contributed by atoms with Gasteiger partial charge in [-0.2, -0.15) is 0 Å². The Labute approximate surface area is 160 Å². The Balaban J connectivity index is 1.82. The third-order valence-electron chi connectivity index (χ3n) is 5.68. The maximum absolute atomic E-state index is 5.64. The molecule has 2 aliphatic rings. The molecule has 0 amide bonds. The number of ether oxygens (including phenoxy) is 1. The van der Waals surface area contributed by atoms with E-state index in [2.05, 4.69) is 101 Å². The van der Waals surface area contributed by atoms with Gasteiger partial charge in [-0.3, -0.25) is 0 Å². The van der Waals surface area contributed by atoms with Gasteiger partial charge in [-0.1, -0.05) is 18.2 Å². The molecule has 5 nitrogen and oxygen atoms in total. The van der Waals surface area contributed by atoms with Crippen molar-refractivity contribution in [1.82, 2.24) is 0 Å². The molecule has 5 rings (SSSR count). The lowest BCUT2D eigenvalue weighted by Crippen LogP contribution is -2.54. The third-order valence-corrected chi connectivity index (χ3v) is 5.68. The van der Waals surface area contributed by atoms with E-state index in [9.17, 15) is 0 Å². The van der Waals surface area contributed by atoms with Gasteiger partial charge in [-0.25, -0.2) is 9.38 Å². The van der Waals surface area contributed by atoms with Crippen molar-refractivity contribution >= 4 is 35.7 Å². The van der Waals surface area contributed by atoms with Crippen LogP contribution in [0.2, 0.25) is 0 Å². The molecule has 27 heavy (non-hydrogen) atoms. The summed E-state index contributed by atoms with van der Waals surface area (Å²) in [6, 6.07) is 19.2. The molecular formula is C21H22BN4O+. The molecule has 0 radical (unpaired) electrons. The van der Waals surface area contributed by atoms with Crippen molar-refractivity contribution in [2.75, 3.05) is 28.6 Å². The number of rotatable bonds is 2. The van der Waals surface area contributed by atoms with E-state index in [0.717, 1.165) is 17.1 Å². The Morgan fingerprint density at radius 2 is 1.63 bits per heavy atom. The molecule has 0 saturated heterocycles. The van der Waals surface area contributed by atoms with E-state index in [1.54, 1.807) is 7.11 Å². The highest BCUT2D eigenvalue weighted by atomic mass is 16.5. The van der Waals surface area contributed by atoms with Gasteiger partial charge in [-0.15, -0.1) is 0 Å². The van der Waals surface area contributed by atoms with Crippen molar-refractivity contribution in [2.45, 2.75) is 6.92 Å². The Bertz CT molecular complexity index is 1050. The summed E-state index contributed by atoms with van der Waals surface area (Å²) in [6.07, 6.45) is 2.09. The summed E-state index contributed by atoms with van der Waals surface area (Å²) in [4.78, 5) is 7.17. The van der Waals surface area contributed by atoms with Crippen LogP contribution in [0.4, 0.5) is 28.6 Å². The summed E-state index contributed by atoms with van der Waals surface area (Å²) in [6.45, 7) is 2.14. The monoisotopic (exact) mass is 357 g/mol. The Kier molecular flexibility index (Phi) is 3.38. The van der Waals surface area contributed by atoms with Crippen LogP contribution in [0.3, 0.4) is 0 Å². The normalized spacial score (nSPS) is 14.4. The van der Waals surface area contributed by atoms with Crippen molar-refractivity contribution in [3.05, 3.63) is 66.4 Å². The molecule has 0 atom stereocenters. The summed E-state index contributed by atoms with van der Waals surface area (Å²) >= 11 is 0. The summed E-state index contributed by atoms with van der Waals surface area (Å²) in [5.74, 6) is 2.05. The van der Waals surface area contributed by atoms with Crippen LogP contribution >= 0.6 is 0 Å². The minimum Gasteiger partial charge on any atom is -0.496 e. The molecule has 3 heterocycles. The predicted octanol–water partition coefficient (Wildman–Crippen LogP) is 3.55. The first-order chi connectivity index (χ1) is 13.1. The molecule has 0 unspecified atom stereocenters. The number of para-hydroxylation sites is 2. The van der Waals surface area contributed by atoms with Crippen molar-refractivity contribution in [3.8, 4) is 5.75 Å². The highest BCUT2D eigenvalue weighted by molar-refractivity contribution is 6.78. The second-order valence-corrected chi connectivity index (χ2v) is 7.12. The number of aromatic nitrogens is 1. The van der Waals surface area contributed by atoms with Crippen LogP contribution in [0.5, 0.6) is 5.75 Å². The van der Waals surface area contributed by atoms with Gasteiger partial charge in [-0.05, 0) is 44.3 Å². The zero-order chi connectivity index (χ0) is 18.7. The minimum absolute atomic E-state index is 0.0526. The number of nitrogens with zero attached hydrogens (tertiary/aromatic N) is 4. The second-order valence-electron chi connectivity index (χ2n) is 7.12. The average Bonchev–Trinajstić information content (AvgIpc) is 3.17. The Morgan fingerprint density at radius 3 is 2.37 bits per heavy atom. The number of methoxy groups -OCH3 is 1. The number of aryl methyl sites for hydroxylation is 1. The molecule has 2 aromatic carbocycles. The van der Waals surface area contributed by atoms with E-state index >= 15 is 0 Å². The molecule has 3 aromatic rings. The van der Waals surface area contributed by atoms with Gasteiger partial charge in [0.05, 0.1) is 37.4 Å². The molecule has 0 spiro atoms. The number of hydrogen-bond acceptors (Lipinski definition) is 4. The fraction of sp³-hybridized carbons (Fsp3) is 0.190. The van der Waals surface area contributed by atoms with E-state index in [1.807, 2.05) is 0 Å². The Hall–Kier alpha value is -3.15. The quantitative estimate of drug-likeness (QED) is 0.517. The van der Waals surface area contributed by atoms with Crippen LogP contribution in [0.15, 0.2) is 60.8 Å². The lowest BCUT2D eigenvalue weighted by molar-refractivity contribution is -0.658. The van der Waals surface area contributed by atoms with Crippen molar-refractivity contribution in [1.29, 1.82) is 0 Å². The molecule has 1 aromatic heterocycles. The van der Waals surface area contributed by atoms with E-state index in [0.29, 0.717) is 0 Å². The van der Waals surface area contributed by atoms with Gasteiger partial charge in [0.1, 0.15) is 11.4 Å². The number of anilines is 5. The first-order valence-corrected chi connectivity index (χ1v) is 9.16. The molecule has 0 fully saturated rings. The first kappa shape index (κ1) is 16.1. The summed E-state index contributed by atoms with van der Waals surface area (Å²) in [5, 5.41) is 0. The molecule has 0 N–H and O–H groups in total. The van der Waals surface area contributed by atoms with Crippen LogP contribution in [0.25, 0.3) is 0 Å². The maximum Gasteiger partial charge on any atom is 0.638 e. The molecule has 2 aliphatic heterocycles. The van der Waals surface area contributed by atoms with Crippen molar-refractivity contribution in [2.24, 2.45) is 7.05 Å².